The number of ether oxygens (including phenoxy) is 1. The maximum Gasteiger partial charge on any atom is 0.411 e. The van der Waals surface area contributed by atoms with E-state index in [1.54, 1.807) is 0 Å². The maximum absolute atomic E-state index is 12.3. The van der Waals surface area contributed by atoms with Crippen molar-refractivity contribution >= 4 is 0 Å². The molecule has 0 bridgehead atoms. The highest BCUT2D eigenvalue weighted by Gasteiger charge is 2.44. The zero-order chi connectivity index (χ0) is 13.3. The Labute approximate surface area is 94.1 Å². The van der Waals surface area contributed by atoms with E-state index in [4.69, 9.17) is 5.73 Å². The molecule has 0 aromatic rings. The predicted molar refractivity (Wildman–Crippen MR) is 47.2 cm³/mol. The van der Waals surface area contributed by atoms with E-state index in [0.29, 0.717) is 0 Å². The van der Waals surface area contributed by atoms with E-state index >= 15 is 0 Å². The quantitative estimate of drug-likeness (QED) is 0.779. The van der Waals surface area contributed by atoms with Gasteiger partial charge in [0, 0.05) is 6.04 Å². The van der Waals surface area contributed by atoms with Gasteiger partial charge in [-0.1, -0.05) is 0 Å². The molecule has 0 aliphatic heterocycles. The summed E-state index contributed by atoms with van der Waals surface area (Å²) in [6.07, 6.45) is -10.5. The molecule has 1 rings (SSSR count). The molecule has 0 aromatic carbocycles. The van der Waals surface area contributed by atoms with Crippen LogP contribution in [-0.2, 0) is 4.74 Å². The monoisotopic (exact) mass is 265 g/mol. The highest BCUT2D eigenvalue weighted by atomic mass is 19.4. The van der Waals surface area contributed by atoms with Gasteiger partial charge in [0.2, 0.25) is 0 Å². The van der Waals surface area contributed by atoms with Crippen LogP contribution in [0.15, 0.2) is 0 Å². The van der Waals surface area contributed by atoms with Gasteiger partial charge in [-0.05, 0) is 19.3 Å². The second kappa shape index (κ2) is 5.01. The molecule has 2 N–H and O–H groups in total. The first-order chi connectivity index (χ1) is 7.59. The van der Waals surface area contributed by atoms with Crippen LogP contribution in [0, 0.1) is 5.92 Å². The summed E-state index contributed by atoms with van der Waals surface area (Å²) in [5, 5.41) is 0. The molecule has 17 heavy (non-hydrogen) atoms. The Kier molecular flexibility index (Phi) is 4.29. The smallest absolute Gasteiger partial charge is 0.367 e. The lowest BCUT2D eigenvalue weighted by molar-refractivity contribution is -0.208. The summed E-state index contributed by atoms with van der Waals surface area (Å²) < 4.78 is 77.1. The Morgan fingerprint density at radius 2 is 1.65 bits per heavy atom. The molecule has 0 saturated heterocycles. The number of hydrogen-bond acceptors (Lipinski definition) is 2. The maximum atomic E-state index is 12.3. The molecule has 1 aliphatic carbocycles. The van der Waals surface area contributed by atoms with E-state index in [1.807, 2.05) is 0 Å². The van der Waals surface area contributed by atoms with Crippen molar-refractivity contribution in [3.8, 4) is 0 Å². The predicted octanol–water partition coefficient (Wildman–Crippen LogP) is 2.62. The van der Waals surface area contributed by atoms with Crippen LogP contribution < -0.4 is 5.73 Å². The standard InChI is InChI=1S/C9H13F6NO/c10-8(11,12)4-17-7-2-1-5(3-6(7)16)9(13,14)15/h5-7H,1-4,16H2/t5-,6+,7+/m0/s1. The lowest BCUT2D eigenvalue weighted by atomic mass is 9.84. The van der Waals surface area contributed by atoms with Gasteiger partial charge in [0.1, 0.15) is 6.61 Å². The van der Waals surface area contributed by atoms with Crippen molar-refractivity contribution < 1.29 is 31.1 Å². The third-order valence-electron chi connectivity index (χ3n) is 2.76. The summed E-state index contributed by atoms with van der Waals surface area (Å²) in [5.41, 5.74) is 5.40. The van der Waals surface area contributed by atoms with Gasteiger partial charge >= 0.3 is 12.4 Å². The Hall–Kier alpha value is -0.500. The second-order valence-electron chi connectivity index (χ2n) is 4.18. The fourth-order valence-corrected chi connectivity index (χ4v) is 1.88. The fourth-order valence-electron chi connectivity index (χ4n) is 1.88. The number of rotatable bonds is 2. The number of hydrogen-bond donors (Lipinski definition) is 1. The normalized spacial score (nSPS) is 31.6. The van der Waals surface area contributed by atoms with Crippen LogP contribution in [0.5, 0.6) is 0 Å². The van der Waals surface area contributed by atoms with Gasteiger partial charge in [0.05, 0.1) is 12.0 Å². The molecule has 8 heteroatoms. The van der Waals surface area contributed by atoms with E-state index in [2.05, 4.69) is 4.74 Å². The molecule has 0 heterocycles. The van der Waals surface area contributed by atoms with Gasteiger partial charge in [-0.2, -0.15) is 26.3 Å². The molecule has 2 nitrogen and oxygen atoms in total. The summed E-state index contributed by atoms with van der Waals surface area (Å²) in [6, 6.07) is -1.00. The Balaban J connectivity index is 2.43. The van der Waals surface area contributed by atoms with Crippen molar-refractivity contribution in [2.45, 2.75) is 43.8 Å². The Morgan fingerprint density at radius 1 is 1.06 bits per heavy atom. The average Bonchev–Trinajstić information content (AvgIpc) is 2.12. The van der Waals surface area contributed by atoms with E-state index in [-0.39, 0.29) is 19.3 Å². The van der Waals surface area contributed by atoms with Crippen molar-refractivity contribution in [3.63, 3.8) is 0 Å². The van der Waals surface area contributed by atoms with Crippen molar-refractivity contribution in [1.82, 2.24) is 0 Å². The second-order valence-corrected chi connectivity index (χ2v) is 4.18. The zero-order valence-electron chi connectivity index (χ0n) is 8.81. The van der Waals surface area contributed by atoms with Gasteiger partial charge in [-0.3, -0.25) is 0 Å². The zero-order valence-corrected chi connectivity index (χ0v) is 8.81. The van der Waals surface area contributed by atoms with Gasteiger partial charge in [-0.25, -0.2) is 0 Å². The lowest BCUT2D eigenvalue weighted by Crippen LogP contribution is -2.46. The van der Waals surface area contributed by atoms with Crippen LogP contribution in [0.1, 0.15) is 19.3 Å². The molecular formula is C9H13F6NO. The molecule has 1 saturated carbocycles. The molecule has 1 aliphatic rings. The SMILES string of the molecule is N[C@@H]1C[C@@H](C(F)(F)F)CC[C@H]1OCC(F)(F)F. The summed E-state index contributed by atoms with van der Waals surface area (Å²) in [5.74, 6) is -1.54. The molecule has 1 fully saturated rings. The van der Waals surface area contributed by atoms with Gasteiger partial charge in [0.15, 0.2) is 0 Å². The summed E-state index contributed by atoms with van der Waals surface area (Å²) in [4.78, 5) is 0. The van der Waals surface area contributed by atoms with Crippen LogP contribution in [0.4, 0.5) is 26.3 Å². The Bertz CT molecular complexity index is 251. The van der Waals surface area contributed by atoms with E-state index in [9.17, 15) is 26.3 Å². The Morgan fingerprint density at radius 3 is 2.06 bits per heavy atom. The topological polar surface area (TPSA) is 35.2 Å². The number of alkyl halides is 6. The minimum atomic E-state index is -4.49. The molecule has 0 amide bonds. The molecule has 0 radical (unpaired) electrons. The first kappa shape index (κ1) is 14.6. The van der Waals surface area contributed by atoms with Crippen molar-refractivity contribution in [2.24, 2.45) is 11.7 Å². The molecule has 102 valence electrons. The van der Waals surface area contributed by atoms with Gasteiger partial charge in [-0.15, -0.1) is 0 Å². The number of nitrogens with two attached hydrogens (primary N) is 1. The molecule has 3 atom stereocenters. The number of halogens is 6. The molecular weight excluding hydrogens is 252 g/mol. The summed E-state index contributed by atoms with van der Waals surface area (Å²) in [6.45, 7) is -1.47. The van der Waals surface area contributed by atoms with Crippen molar-refractivity contribution in [3.05, 3.63) is 0 Å². The third-order valence-corrected chi connectivity index (χ3v) is 2.76. The van der Waals surface area contributed by atoms with E-state index in [0.717, 1.165) is 0 Å². The van der Waals surface area contributed by atoms with Crippen molar-refractivity contribution in [2.75, 3.05) is 6.61 Å². The minimum absolute atomic E-state index is 0.0958. The molecule has 0 spiro atoms. The first-order valence-electron chi connectivity index (χ1n) is 5.10. The van der Waals surface area contributed by atoms with Crippen molar-refractivity contribution in [1.29, 1.82) is 0 Å². The summed E-state index contributed by atoms with van der Waals surface area (Å²) in [7, 11) is 0. The first-order valence-corrected chi connectivity index (χ1v) is 5.10. The molecule has 0 aromatic heterocycles. The van der Waals surface area contributed by atoms with Gasteiger partial charge < -0.3 is 10.5 Å². The third kappa shape index (κ3) is 4.71. The average molecular weight is 265 g/mol. The highest BCUT2D eigenvalue weighted by Crippen LogP contribution is 2.38. The summed E-state index contributed by atoms with van der Waals surface area (Å²) >= 11 is 0. The van der Waals surface area contributed by atoms with E-state index < -0.39 is 37.0 Å². The minimum Gasteiger partial charge on any atom is -0.367 e. The van der Waals surface area contributed by atoms with E-state index in [1.165, 1.54) is 0 Å². The lowest BCUT2D eigenvalue weighted by Gasteiger charge is -2.34. The van der Waals surface area contributed by atoms with Crippen LogP contribution in [0.3, 0.4) is 0 Å². The van der Waals surface area contributed by atoms with Crippen LogP contribution in [0.2, 0.25) is 0 Å². The largest absolute Gasteiger partial charge is 0.411 e. The van der Waals surface area contributed by atoms with Crippen LogP contribution >= 0.6 is 0 Å². The highest BCUT2D eigenvalue weighted by molar-refractivity contribution is 4.86. The molecule has 0 unspecified atom stereocenters. The van der Waals surface area contributed by atoms with Crippen LogP contribution in [-0.4, -0.2) is 31.1 Å². The fraction of sp³-hybridized carbons (Fsp3) is 1.00. The van der Waals surface area contributed by atoms with Crippen LogP contribution in [0.25, 0.3) is 0 Å². The van der Waals surface area contributed by atoms with Gasteiger partial charge in [0.25, 0.3) is 0 Å².